The van der Waals surface area contributed by atoms with Crippen LogP contribution in [0, 0.1) is 0 Å². The second-order valence-corrected chi connectivity index (χ2v) is 7.39. The van der Waals surface area contributed by atoms with Crippen LogP contribution in [-0.2, 0) is 16.0 Å². The monoisotopic (exact) mass is 331 g/mol. The number of hydrogen-bond donors (Lipinski definition) is 1. The zero-order valence-electron chi connectivity index (χ0n) is 13.3. The van der Waals surface area contributed by atoms with E-state index in [1.54, 1.807) is 17.7 Å². The van der Waals surface area contributed by atoms with E-state index in [4.69, 9.17) is 4.74 Å². The van der Waals surface area contributed by atoms with Gasteiger partial charge in [0.15, 0.2) is 0 Å². The number of aromatic nitrogens is 2. The highest BCUT2D eigenvalue weighted by molar-refractivity contribution is 7.19. The highest BCUT2D eigenvalue weighted by Crippen LogP contribution is 2.46. The van der Waals surface area contributed by atoms with Gasteiger partial charge in [0.25, 0.3) is 0 Å². The van der Waals surface area contributed by atoms with E-state index in [1.165, 1.54) is 30.6 Å². The van der Waals surface area contributed by atoms with Gasteiger partial charge in [-0.3, -0.25) is 4.79 Å². The molecule has 122 valence electrons. The maximum atomic E-state index is 12.3. The van der Waals surface area contributed by atoms with Crippen LogP contribution in [-0.4, -0.2) is 28.6 Å². The van der Waals surface area contributed by atoms with E-state index in [0.717, 1.165) is 34.4 Å². The molecule has 2 aliphatic rings. The molecule has 1 saturated carbocycles. The molecule has 0 unspecified atom stereocenters. The Morgan fingerprint density at radius 2 is 2.17 bits per heavy atom. The molecule has 6 heteroatoms. The molecule has 4 rings (SSSR count). The summed E-state index contributed by atoms with van der Waals surface area (Å²) < 4.78 is 5.28. The van der Waals surface area contributed by atoms with Crippen LogP contribution in [0.5, 0.6) is 0 Å². The molecule has 1 N–H and O–H groups in total. The van der Waals surface area contributed by atoms with Gasteiger partial charge in [-0.1, -0.05) is 12.8 Å². The third-order valence-electron chi connectivity index (χ3n) is 4.88. The lowest BCUT2D eigenvalue weighted by Crippen LogP contribution is -2.17. The van der Waals surface area contributed by atoms with Crippen molar-refractivity contribution in [2.45, 2.75) is 57.4 Å². The zero-order chi connectivity index (χ0) is 15.8. The predicted molar refractivity (Wildman–Crippen MR) is 91.0 cm³/mol. The van der Waals surface area contributed by atoms with E-state index in [-0.39, 0.29) is 11.9 Å². The molecule has 1 fully saturated rings. The molecule has 1 atom stereocenters. The molecular formula is C17H21N3O2S. The van der Waals surface area contributed by atoms with Crippen LogP contribution in [0.4, 0.5) is 5.82 Å². The van der Waals surface area contributed by atoms with Crippen LogP contribution in [0.1, 0.15) is 55.4 Å². The Hall–Kier alpha value is -1.69. The number of esters is 1. The Balaban J connectivity index is 1.75. The van der Waals surface area contributed by atoms with Gasteiger partial charge in [-0.05, 0) is 38.2 Å². The number of carbonyl (C=O) groups excluding carboxylic acids is 1. The van der Waals surface area contributed by atoms with Crippen LogP contribution in [0.3, 0.4) is 0 Å². The molecule has 2 aromatic heterocycles. The number of nitrogens with one attached hydrogen (secondary N) is 1. The molecule has 2 aromatic rings. The minimum Gasteiger partial charge on any atom is -0.466 e. The molecule has 2 heterocycles. The first kappa shape index (κ1) is 14.9. The number of carbonyl (C=O) groups is 1. The van der Waals surface area contributed by atoms with Gasteiger partial charge in [-0.2, -0.15) is 0 Å². The maximum absolute atomic E-state index is 12.3. The molecular weight excluding hydrogens is 310 g/mol. The van der Waals surface area contributed by atoms with E-state index in [1.807, 2.05) is 6.92 Å². The van der Waals surface area contributed by atoms with Crippen molar-refractivity contribution in [3.05, 3.63) is 16.8 Å². The van der Waals surface area contributed by atoms with Crippen molar-refractivity contribution >= 4 is 33.3 Å². The first-order valence-electron chi connectivity index (χ1n) is 8.47. The van der Waals surface area contributed by atoms with Crippen molar-refractivity contribution in [1.82, 2.24) is 9.97 Å². The Morgan fingerprint density at radius 1 is 1.35 bits per heavy atom. The Kier molecular flexibility index (Phi) is 3.93. The molecule has 5 nitrogen and oxygen atoms in total. The van der Waals surface area contributed by atoms with Crippen LogP contribution >= 0.6 is 11.3 Å². The summed E-state index contributed by atoms with van der Waals surface area (Å²) in [5.41, 5.74) is 1.12. The Labute approximate surface area is 139 Å². The van der Waals surface area contributed by atoms with Crippen molar-refractivity contribution in [3.63, 3.8) is 0 Å². The largest absolute Gasteiger partial charge is 0.466 e. The lowest BCUT2D eigenvalue weighted by atomic mass is 10.0. The van der Waals surface area contributed by atoms with Crippen molar-refractivity contribution < 1.29 is 9.53 Å². The normalized spacial score (nSPS) is 20.8. The first-order valence-corrected chi connectivity index (χ1v) is 9.29. The third kappa shape index (κ3) is 2.59. The quantitative estimate of drug-likeness (QED) is 0.867. The van der Waals surface area contributed by atoms with Crippen molar-refractivity contribution in [2.24, 2.45) is 0 Å². The highest BCUT2D eigenvalue weighted by Gasteiger charge is 2.35. The van der Waals surface area contributed by atoms with Crippen LogP contribution in [0.25, 0.3) is 10.2 Å². The van der Waals surface area contributed by atoms with Crippen LogP contribution < -0.4 is 5.32 Å². The summed E-state index contributed by atoms with van der Waals surface area (Å²) in [6.07, 6.45) is 8.34. The zero-order valence-corrected chi connectivity index (χ0v) is 14.1. The summed E-state index contributed by atoms with van der Waals surface area (Å²) >= 11 is 1.70. The van der Waals surface area contributed by atoms with E-state index < -0.39 is 0 Å². The van der Waals surface area contributed by atoms with Gasteiger partial charge in [0, 0.05) is 10.9 Å². The summed E-state index contributed by atoms with van der Waals surface area (Å²) in [5.74, 6) is 0.631. The number of hydrogen-bond acceptors (Lipinski definition) is 6. The molecule has 2 aliphatic carbocycles. The molecule has 0 saturated heterocycles. The van der Waals surface area contributed by atoms with Crippen molar-refractivity contribution in [3.8, 4) is 0 Å². The fraction of sp³-hybridized carbons (Fsp3) is 0.588. The number of aryl methyl sites for hydroxylation is 1. The molecule has 0 aliphatic heterocycles. The number of thiophene rings is 1. The van der Waals surface area contributed by atoms with E-state index in [0.29, 0.717) is 12.6 Å². The van der Waals surface area contributed by atoms with E-state index in [2.05, 4.69) is 15.3 Å². The topological polar surface area (TPSA) is 64.1 Å². The minimum absolute atomic E-state index is 0.110. The number of rotatable bonds is 4. The average Bonchev–Trinajstić information content (AvgIpc) is 3.23. The molecule has 0 amide bonds. The maximum Gasteiger partial charge on any atom is 0.313 e. The molecule has 23 heavy (non-hydrogen) atoms. The van der Waals surface area contributed by atoms with Gasteiger partial charge in [-0.15, -0.1) is 11.3 Å². The summed E-state index contributed by atoms with van der Waals surface area (Å²) in [5, 5.41) is 4.65. The number of fused-ring (bicyclic) bond motifs is 3. The first-order chi connectivity index (χ1) is 11.3. The molecule has 0 radical (unpaired) electrons. The highest BCUT2D eigenvalue weighted by atomic mass is 32.1. The fourth-order valence-electron chi connectivity index (χ4n) is 3.83. The van der Waals surface area contributed by atoms with Crippen LogP contribution in [0.2, 0.25) is 0 Å². The van der Waals surface area contributed by atoms with Gasteiger partial charge in [-0.25, -0.2) is 9.97 Å². The minimum atomic E-state index is -0.158. The summed E-state index contributed by atoms with van der Waals surface area (Å²) in [4.78, 5) is 23.5. The molecule has 0 bridgehead atoms. The second-order valence-electron chi connectivity index (χ2n) is 6.31. The molecule has 0 spiro atoms. The summed E-state index contributed by atoms with van der Waals surface area (Å²) in [6.45, 7) is 2.28. The van der Waals surface area contributed by atoms with E-state index >= 15 is 0 Å². The average molecular weight is 331 g/mol. The van der Waals surface area contributed by atoms with Crippen molar-refractivity contribution in [2.75, 3.05) is 11.9 Å². The Bertz CT molecular complexity index is 737. The van der Waals surface area contributed by atoms with Gasteiger partial charge >= 0.3 is 5.97 Å². The number of nitrogens with zero attached hydrogens (tertiary/aromatic N) is 2. The van der Waals surface area contributed by atoms with Gasteiger partial charge in [0.2, 0.25) is 0 Å². The SMILES string of the molecule is CCOC(=O)[C@@H]1CCc2sc3ncnc(NC4CCCC4)c3c21. The lowest BCUT2D eigenvalue weighted by molar-refractivity contribution is -0.144. The predicted octanol–water partition coefficient (Wildman–Crippen LogP) is 3.64. The second kappa shape index (κ2) is 6.07. The lowest BCUT2D eigenvalue weighted by Gasteiger charge is -2.15. The van der Waals surface area contributed by atoms with Gasteiger partial charge in [0.1, 0.15) is 17.0 Å². The summed E-state index contributed by atoms with van der Waals surface area (Å²) in [7, 11) is 0. The smallest absolute Gasteiger partial charge is 0.313 e. The summed E-state index contributed by atoms with van der Waals surface area (Å²) in [6, 6.07) is 0.492. The van der Waals surface area contributed by atoms with E-state index in [9.17, 15) is 4.79 Å². The fourth-order valence-corrected chi connectivity index (χ4v) is 5.04. The molecule has 0 aromatic carbocycles. The number of ether oxygens (including phenoxy) is 1. The Morgan fingerprint density at radius 3 is 2.96 bits per heavy atom. The van der Waals surface area contributed by atoms with Crippen LogP contribution in [0.15, 0.2) is 6.33 Å². The number of anilines is 1. The standard InChI is InChI=1S/C17H21N3O2S/c1-2-22-17(21)11-7-8-12-13(11)14-15(18-9-19-16(14)23-12)20-10-5-3-4-6-10/h9-11H,2-8H2,1H3,(H,18,19,20)/t11-/m1/s1. The van der Waals surface area contributed by atoms with Crippen molar-refractivity contribution in [1.29, 1.82) is 0 Å². The van der Waals surface area contributed by atoms with Gasteiger partial charge < -0.3 is 10.1 Å². The van der Waals surface area contributed by atoms with Gasteiger partial charge in [0.05, 0.1) is 17.9 Å². The third-order valence-corrected chi connectivity index (χ3v) is 6.05.